The van der Waals surface area contributed by atoms with Crippen LogP contribution < -0.4 is 4.72 Å². The first-order valence-electron chi connectivity index (χ1n) is 5.39. The standard InChI is InChI=1S/C10H17ClN2O3S/c1-7(5-4-6-11)13-17(14,15)10-8(2)12-16-9(10)3/h7,13H,4-6H2,1-3H3. The molecule has 0 spiro atoms. The van der Waals surface area contributed by atoms with Gasteiger partial charge in [0.1, 0.15) is 10.6 Å². The van der Waals surface area contributed by atoms with Crippen LogP contribution in [-0.2, 0) is 10.0 Å². The van der Waals surface area contributed by atoms with Crippen molar-refractivity contribution in [3.05, 3.63) is 11.5 Å². The zero-order valence-electron chi connectivity index (χ0n) is 10.2. The number of aromatic nitrogens is 1. The van der Waals surface area contributed by atoms with Crippen LogP contribution in [0.15, 0.2) is 9.42 Å². The second-order valence-electron chi connectivity index (χ2n) is 4.01. The second-order valence-corrected chi connectivity index (χ2v) is 6.04. The van der Waals surface area contributed by atoms with Crippen molar-refractivity contribution in [2.24, 2.45) is 0 Å². The predicted octanol–water partition coefficient (Wildman–Crippen LogP) is 1.98. The Morgan fingerprint density at radius 1 is 1.47 bits per heavy atom. The number of hydrogen-bond acceptors (Lipinski definition) is 4. The molecule has 1 unspecified atom stereocenters. The third-order valence-electron chi connectivity index (χ3n) is 2.36. The van der Waals surface area contributed by atoms with Gasteiger partial charge in [0.2, 0.25) is 10.0 Å². The Hall–Kier alpha value is -0.590. The van der Waals surface area contributed by atoms with Gasteiger partial charge in [-0.05, 0) is 33.6 Å². The van der Waals surface area contributed by atoms with Crippen LogP contribution in [0.2, 0.25) is 0 Å². The van der Waals surface area contributed by atoms with Gasteiger partial charge in [0, 0.05) is 11.9 Å². The topological polar surface area (TPSA) is 72.2 Å². The molecule has 17 heavy (non-hydrogen) atoms. The lowest BCUT2D eigenvalue weighted by Crippen LogP contribution is -2.33. The minimum Gasteiger partial charge on any atom is -0.360 e. The fourth-order valence-electron chi connectivity index (χ4n) is 1.62. The second kappa shape index (κ2) is 5.84. The van der Waals surface area contributed by atoms with Gasteiger partial charge in [-0.3, -0.25) is 0 Å². The molecule has 1 rings (SSSR count). The maximum atomic E-state index is 12.1. The molecule has 0 fully saturated rings. The molecule has 98 valence electrons. The van der Waals surface area contributed by atoms with Crippen LogP contribution >= 0.6 is 11.6 Å². The average Bonchev–Trinajstić information content (AvgIpc) is 2.55. The summed E-state index contributed by atoms with van der Waals surface area (Å²) in [4.78, 5) is 0.134. The largest absolute Gasteiger partial charge is 0.360 e. The van der Waals surface area contributed by atoms with Crippen LogP contribution in [0.3, 0.4) is 0 Å². The highest BCUT2D eigenvalue weighted by Crippen LogP contribution is 2.19. The first-order valence-corrected chi connectivity index (χ1v) is 7.41. The fraction of sp³-hybridized carbons (Fsp3) is 0.700. The molecule has 0 radical (unpaired) electrons. The van der Waals surface area contributed by atoms with Crippen LogP contribution in [0.1, 0.15) is 31.2 Å². The zero-order chi connectivity index (χ0) is 13.1. The molecule has 1 heterocycles. The van der Waals surface area contributed by atoms with E-state index in [1.807, 2.05) is 6.92 Å². The molecular formula is C10H17ClN2O3S. The number of aryl methyl sites for hydroxylation is 2. The molecular weight excluding hydrogens is 264 g/mol. The molecule has 0 aromatic carbocycles. The lowest BCUT2D eigenvalue weighted by molar-refractivity contribution is 0.390. The van der Waals surface area contributed by atoms with E-state index in [0.717, 1.165) is 6.42 Å². The Morgan fingerprint density at radius 2 is 2.12 bits per heavy atom. The van der Waals surface area contributed by atoms with Crippen LogP contribution in [0, 0.1) is 13.8 Å². The van der Waals surface area contributed by atoms with Gasteiger partial charge in [-0.25, -0.2) is 13.1 Å². The first-order chi connectivity index (χ1) is 7.88. The Kier molecular flexibility index (Phi) is 4.97. The number of nitrogens with zero attached hydrogens (tertiary/aromatic N) is 1. The molecule has 0 saturated carbocycles. The molecule has 0 aliphatic rings. The minimum absolute atomic E-state index is 0.134. The lowest BCUT2D eigenvalue weighted by Gasteiger charge is -2.13. The normalized spacial score (nSPS) is 13.9. The summed E-state index contributed by atoms with van der Waals surface area (Å²) in [5, 5.41) is 3.64. The maximum absolute atomic E-state index is 12.1. The van der Waals surface area contributed by atoms with Crippen molar-refractivity contribution in [1.82, 2.24) is 9.88 Å². The summed E-state index contributed by atoms with van der Waals surface area (Å²) in [6.45, 7) is 4.99. The highest BCUT2D eigenvalue weighted by atomic mass is 35.5. The molecule has 1 aromatic rings. The summed E-state index contributed by atoms with van der Waals surface area (Å²) in [6.07, 6.45) is 1.47. The van der Waals surface area contributed by atoms with E-state index in [4.69, 9.17) is 16.1 Å². The van der Waals surface area contributed by atoms with Crippen molar-refractivity contribution >= 4 is 21.6 Å². The first kappa shape index (κ1) is 14.5. The van der Waals surface area contributed by atoms with E-state index in [1.165, 1.54) is 0 Å². The monoisotopic (exact) mass is 280 g/mol. The van der Waals surface area contributed by atoms with Crippen molar-refractivity contribution in [2.75, 3.05) is 5.88 Å². The molecule has 1 aromatic heterocycles. The van der Waals surface area contributed by atoms with Crippen molar-refractivity contribution in [3.8, 4) is 0 Å². The lowest BCUT2D eigenvalue weighted by atomic mass is 10.2. The van der Waals surface area contributed by atoms with Gasteiger partial charge < -0.3 is 4.52 Å². The molecule has 1 atom stereocenters. The van der Waals surface area contributed by atoms with Crippen LogP contribution in [0.25, 0.3) is 0 Å². The van der Waals surface area contributed by atoms with E-state index in [0.29, 0.717) is 23.8 Å². The van der Waals surface area contributed by atoms with E-state index in [-0.39, 0.29) is 10.9 Å². The molecule has 1 N–H and O–H groups in total. The predicted molar refractivity (Wildman–Crippen MR) is 65.7 cm³/mol. The average molecular weight is 281 g/mol. The third-order valence-corrected chi connectivity index (χ3v) is 4.46. The number of halogens is 1. The summed E-state index contributed by atoms with van der Waals surface area (Å²) in [5.41, 5.74) is 0.375. The summed E-state index contributed by atoms with van der Waals surface area (Å²) < 4.78 is 31.6. The van der Waals surface area contributed by atoms with Gasteiger partial charge in [0.15, 0.2) is 5.76 Å². The number of sulfonamides is 1. The van der Waals surface area contributed by atoms with Crippen molar-refractivity contribution in [3.63, 3.8) is 0 Å². The zero-order valence-corrected chi connectivity index (χ0v) is 11.7. The van der Waals surface area contributed by atoms with Crippen LogP contribution in [0.5, 0.6) is 0 Å². The number of alkyl halides is 1. The van der Waals surface area contributed by atoms with Crippen molar-refractivity contribution < 1.29 is 12.9 Å². The van der Waals surface area contributed by atoms with E-state index in [9.17, 15) is 8.42 Å². The molecule has 7 heteroatoms. The van der Waals surface area contributed by atoms with E-state index in [1.54, 1.807) is 13.8 Å². The molecule has 0 bridgehead atoms. The Bertz CT molecular complexity index is 450. The quantitative estimate of drug-likeness (QED) is 0.809. The number of hydrogen-bond donors (Lipinski definition) is 1. The maximum Gasteiger partial charge on any atom is 0.246 e. The minimum atomic E-state index is -3.56. The smallest absolute Gasteiger partial charge is 0.246 e. The summed E-state index contributed by atoms with van der Waals surface area (Å²) >= 11 is 5.56. The van der Waals surface area contributed by atoms with Gasteiger partial charge in [-0.15, -0.1) is 11.6 Å². The highest BCUT2D eigenvalue weighted by molar-refractivity contribution is 7.89. The molecule has 0 amide bonds. The number of rotatable bonds is 6. The molecule has 5 nitrogen and oxygen atoms in total. The van der Waals surface area contributed by atoms with Crippen molar-refractivity contribution in [2.45, 2.75) is 44.6 Å². The summed E-state index contributed by atoms with van der Waals surface area (Å²) in [7, 11) is -3.56. The van der Waals surface area contributed by atoms with Gasteiger partial charge in [-0.2, -0.15) is 0 Å². The Morgan fingerprint density at radius 3 is 2.59 bits per heavy atom. The van der Waals surface area contributed by atoms with Gasteiger partial charge in [0.25, 0.3) is 0 Å². The Balaban J connectivity index is 2.83. The Labute approximate surface area is 107 Å². The van der Waals surface area contributed by atoms with E-state index < -0.39 is 10.0 Å². The summed E-state index contributed by atoms with van der Waals surface area (Å²) in [6, 6.07) is -0.160. The van der Waals surface area contributed by atoms with E-state index in [2.05, 4.69) is 9.88 Å². The summed E-state index contributed by atoms with van der Waals surface area (Å²) in [5.74, 6) is 0.830. The SMILES string of the molecule is Cc1noc(C)c1S(=O)(=O)NC(C)CCCCl. The third kappa shape index (κ3) is 3.69. The highest BCUT2D eigenvalue weighted by Gasteiger charge is 2.25. The van der Waals surface area contributed by atoms with E-state index >= 15 is 0 Å². The van der Waals surface area contributed by atoms with Gasteiger partial charge in [0.05, 0.1) is 0 Å². The van der Waals surface area contributed by atoms with Gasteiger partial charge in [-0.1, -0.05) is 5.16 Å². The molecule has 0 aliphatic heterocycles. The fourth-order valence-corrected chi connectivity index (χ4v) is 3.39. The van der Waals surface area contributed by atoms with Crippen LogP contribution in [0.4, 0.5) is 0 Å². The molecule has 0 saturated heterocycles. The van der Waals surface area contributed by atoms with Crippen LogP contribution in [-0.4, -0.2) is 25.5 Å². The van der Waals surface area contributed by atoms with Crippen molar-refractivity contribution in [1.29, 1.82) is 0 Å². The van der Waals surface area contributed by atoms with Gasteiger partial charge >= 0.3 is 0 Å². The molecule has 0 aliphatic carbocycles. The number of nitrogens with one attached hydrogen (secondary N) is 1.